The van der Waals surface area contributed by atoms with Crippen LogP contribution in [0.4, 0.5) is 4.79 Å². The lowest BCUT2D eigenvalue weighted by molar-refractivity contribution is 0.0733. The molecule has 0 aliphatic carbocycles. The topological polar surface area (TPSA) is 53.4 Å². The van der Waals surface area contributed by atoms with Crippen LogP contribution in [-0.2, 0) is 9.47 Å². The summed E-state index contributed by atoms with van der Waals surface area (Å²) in [5.74, 6) is 0.687. The van der Waals surface area contributed by atoms with E-state index in [1.165, 1.54) is 21.3 Å². The van der Waals surface area contributed by atoms with E-state index < -0.39 is 6.09 Å². The maximum atomic E-state index is 12.3. The minimum Gasteiger partial charge on any atom is -0.446 e. The maximum Gasteiger partial charge on any atom is 0.419 e. The number of ether oxygens (including phenoxy) is 2. The predicted molar refractivity (Wildman–Crippen MR) is 93.5 cm³/mol. The summed E-state index contributed by atoms with van der Waals surface area (Å²) in [4.78, 5) is 16.7. The Bertz CT molecular complexity index is 679. The number of hydrogen-bond donors (Lipinski definition) is 0. The van der Waals surface area contributed by atoms with E-state index in [-0.39, 0.29) is 12.5 Å². The second kappa shape index (κ2) is 8.64. The molecule has 130 valence electrons. The number of benzene rings is 1. The number of imidazole rings is 1. The van der Waals surface area contributed by atoms with Gasteiger partial charge in [-0.1, -0.05) is 32.0 Å². The monoisotopic (exact) mass is 330 g/mol. The van der Waals surface area contributed by atoms with Crippen LogP contribution >= 0.6 is 0 Å². The molecule has 0 N–H and O–H groups in total. The van der Waals surface area contributed by atoms with Crippen molar-refractivity contribution in [3.05, 3.63) is 53.1 Å². The standard InChI is InChI=1S/C19H26N2O3/c1-5-11-23-12-13-24-19(22)21-10-9-20-18(21)16(4)17-8-6-7-14(2)15(17)3/h6-10,16H,5,11-13H2,1-4H3/t16-/m0/s1. The van der Waals surface area contributed by atoms with Crippen molar-refractivity contribution in [2.75, 3.05) is 19.8 Å². The van der Waals surface area contributed by atoms with E-state index in [4.69, 9.17) is 9.47 Å². The van der Waals surface area contributed by atoms with Crippen molar-refractivity contribution < 1.29 is 14.3 Å². The number of hydrogen-bond acceptors (Lipinski definition) is 4. The first-order valence-corrected chi connectivity index (χ1v) is 8.40. The Morgan fingerprint density at radius 2 is 2.04 bits per heavy atom. The predicted octanol–water partition coefficient (Wildman–Crippen LogP) is 4.06. The molecule has 1 aromatic carbocycles. The first kappa shape index (κ1) is 18.2. The van der Waals surface area contributed by atoms with E-state index in [0.717, 1.165) is 6.42 Å². The fraction of sp³-hybridized carbons (Fsp3) is 0.474. The van der Waals surface area contributed by atoms with Crippen LogP contribution in [0.15, 0.2) is 30.6 Å². The molecule has 0 unspecified atom stereocenters. The molecule has 0 saturated carbocycles. The van der Waals surface area contributed by atoms with E-state index in [2.05, 4.69) is 37.9 Å². The Morgan fingerprint density at radius 3 is 2.79 bits per heavy atom. The van der Waals surface area contributed by atoms with Gasteiger partial charge in [0.1, 0.15) is 12.4 Å². The van der Waals surface area contributed by atoms with Crippen molar-refractivity contribution in [1.82, 2.24) is 9.55 Å². The second-order valence-electron chi connectivity index (χ2n) is 5.89. The van der Waals surface area contributed by atoms with Crippen LogP contribution in [0.25, 0.3) is 0 Å². The molecule has 5 heteroatoms. The Labute approximate surface area is 143 Å². The molecule has 1 atom stereocenters. The van der Waals surface area contributed by atoms with Gasteiger partial charge in [0.25, 0.3) is 0 Å². The van der Waals surface area contributed by atoms with Crippen LogP contribution in [0.2, 0.25) is 0 Å². The van der Waals surface area contributed by atoms with Gasteiger partial charge in [0.05, 0.1) is 6.61 Å². The zero-order chi connectivity index (χ0) is 17.5. The molecule has 24 heavy (non-hydrogen) atoms. The van der Waals surface area contributed by atoms with Gasteiger partial charge in [-0.3, -0.25) is 0 Å². The van der Waals surface area contributed by atoms with E-state index >= 15 is 0 Å². The maximum absolute atomic E-state index is 12.3. The Kier molecular flexibility index (Phi) is 6.55. The number of rotatable bonds is 7. The smallest absolute Gasteiger partial charge is 0.419 e. The zero-order valence-corrected chi connectivity index (χ0v) is 14.9. The number of aromatic nitrogens is 2. The van der Waals surface area contributed by atoms with Gasteiger partial charge in [0, 0.05) is 24.9 Å². The van der Waals surface area contributed by atoms with Crippen LogP contribution in [0.1, 0.15) is 48.7 Å². The molecule has 1 aromatic heterocycles. The van der Waals surface area contributed by atoms with E-state index in [1.807, 2.05) is 13.0 Å². The molecule has 0 saturated heterocycles. The fourth-order valence-corrected chi connectivity index (χ4v) is 2.68. The summed E-state index contributed by atoms with van der Waals surface area (Å²) in [5.41, 5.74) is 3.62. The number of nitrogens with zero attached hydrogens (tertiary/aromatic N) is 2. The average Bonchev–Trinajstić information content (AvgIpc) is 3.06. The summed E-state index contributed by atoms with van der Waals surface area (Å²) in [7, 11) is 0. The first-order valence-electron chi connectivity index (χ1n) is 8.40. The third kappa shape index (κ3) is 4.23. The number of carbonyl (C=O) groups excluding carboxylic acids is 1. The number of carbonyl (C=O) groups is 1. The lowest BCUT2D eigenvalue weighted by atomic mass is 9.93. The molecule has 2 aromatic rings. The van der Waals surface area contributed by atoms with Gasteiger partial charge in [-0.05, 0) is 37.0 Å². The molecule has 2 rings (SSSR count). The molecule has 0 spiro atoms. The molecule has 0 fully saturated rings. The van der Waals surface area contributed by atoms with E-state index in [1.54, 1.807) is 12.4 Å². The van der Waals surface area contributed by atoms with Crippen molar-refractivity contribution in [3.63, 3.8) is 0 Å². The summed E-state index contributed by atoms with van der Waals surface area (Å²) >= 11 is 0. The summed E-state index contributed by atoms with van der Waals surface area (Å²) in [6.45, 7) is 9.61. The van der Waals surface area contributed by atoms with Crippen LogP contribution in [0.3, 0.4) is 0 Å². The highest BCUT2D eigenvalue weighted by Gasteiger charge is 2.20. The van der Waals surface area contributed by atoms with E-state index in [0.29, 0.717) is 19.0 Å². The summed E-state index contributed by atoms with van der Waals surface area (Å²) in [6.07, 6.45) is 3.81. The molecular formula is C19H26N2O3. The fourth-order valence-electron chi connectivity index (χ4n) is 2.68. The summed E-state index contributed by atoms with van der Waals surface area (Å²) < 4.78 is 12.1. The van der Waals surface area contributed by atoms with Crippen LogP contribution in [-0.4, -0.2) is 35.5 Å². The zero-order valence-electron chi connectivity index (χ0n) is 14.9. The van der Waals surface area contributed by atoms with Gasteiger partial charge < -0.3 is 9.47 Å². The van der Waals surface area contributed by atoms with Crippen LogP contribution in [0, 0.1) is 13.8 Å². The van der Waals surface area contributed by atoms with Crippen molar-refractivity contribution in [3.8, 4) is 0 Å². The van der Waals surface area contributed by atoms with Crippen molar-refractivity contribution in [1.29, 1.82) is 0 Å². The Morgan fingerprint density at radius 1 is 1.25 bits per heavy atom. The van der Waals surface area contributed by atoms with Crippen molar-refractivity contribution in [2.45, 2.75) is 40.0 Å². The molecular weight excluding hydrogens is 304 g/mol. The molecule has 1 heterocycles. The lowest BCUT2D eigenvalue weighted by Crippen LogP contribution is -2.20. The summed E-state index contributed by atoms with van der Waals surface area (Å²) in [5, 5.41) is 0. The molecule has 0 bridgehead atoms. The van der Waals surface area contributed by atoms with Gasteiger partial charge in [-0.2, -0.15) is 0 Å². The highest BCUT2D eigenvalue weighted by molar-refractivity contribution is 5.71. The Hall–Kier alpha value is -2.14. The van der Waals surface area contributed by atoms with Gasteiger partial charge in [-0.25, -0.2) is 14.3 Å². The Balaban J connectivity index is 2.09. The molecule has 0 amide bonds. The first-order chi connectivity index (χ1) is 11.6. The summed E-state index contributed by atoms with van der Waals surface area (Å²) in [6, 6.07) is 6.20. The largest absolute Gasteiger partial charge is 0.446 e. The molecule has 0 aliphatic rings. The lowest BCUT2D eigenvalue weighted by Gasteiger charge is -2.17. The third-order valence-electron chi connectivity index (χ3n) is 4.17. The van der Waals surface area contributed by atoms with Gasteiger partial charge >= 0.3 is 6.09 Å². The molecule has 0 radical (unpaired) electrons. The quantitative estimate of drug-likeness (QED) is 0.718. The number of aryl methyl sites for hydroxylation is 1. The van der Waals surface area contributed by atoms with Gasteiger partial charge in [0.2, 0.25) is 0 Å². The average molecular weight is 330 g/mol. The highest BCUT2D eigenvalue weighted by atomic mass is 16.6. The molecule has 0 aliphatic heterocycles. The van der Waals surface area contributed by atoms with Crippen LogP contribution in [0.5, 0.6) is 0 Å². The highest BCUT2D eigenvalue weighted by Crippen LogP contribution is 2.27. The molecule has 5 nitrogen and oxygen atoms in total. The van der Waals surface area contributed by atoms with Crippen LogP contribution < -0.4 is 0 Å². The van der Waals surface area contributed by atoms with Gasteiger partial charge in [-0.15, -0.1) is 0 Å². The van der Waals surface area contributed by atoms with E-state index in [9.17, 15) is 4.79 Å². The van der Waals surface area contributed by atoms with Crippen molar-refractivity contribution >= 4 is 6.09 Å². The third-order valence-corrected chi connectivity index (χ3v) is 4.17. The minimum atomic E-state index is -0.417. The normalized spacial score (nSPS) is 12.2. The SMILES string of the molecule is CCCOCCOC(=O)n1ccnc1[C@@H](C)c1cccc(C)c1C. The minimum absolute atomic E-state index is 0.00351. The van der Waals surface area contributed by atoms with Gasteiger partial charge in [0.15, 0.2) is 0 Å². The second-order valence-corrected chi connectivity index (χ2v) is 5.89. The van der Waals surface area contributed by atoms with Crippen molar-refractivity contribution in [2.24, 2.45) is 0 Å².